The third-order valence-electron chi connectivity index (χ3n) is 2.76. The van der Waals surface area contributed by atoms with Crippen LogP contribution in [0.2, 0.25) is 0 Å². The zero-order valence-electron chi connectivity index (χ0n) is 6.90. The van der Waals surface area contributed by atoms with Gasteiger partial charge in [0.15, 0.2) is 0 Å². The van der Waals surface area contributed by atoms with Gasteiger partial charge >= 0.3 is 0 Å². The van der Waals surface area contributed by atoms with Gasteiger partial charge in [-0.05, 0) is 5.92 Å². The van der Waals surface area contributed by atoms with Gasteiger partial charge in [0.2, 0.25) is 5.92 Å². The van der Waals surface area contributed by atoms with Crippen LogP contribution in [-0.2, 0) is 0 Å². The molecule has 0 bridgehead atoms. The second-order valence-corrected chi connectivity index (χ2v) is 3.88. The van der Waals surface area contributed by atoms with E-state index in [0.717, 1.165) is 0 Å². The third kappa shape index (κ3) is 1.39. The van der Waals surface area contributed by atoms with Gasteiger partial charge in [-0.15, -0.1) is 0 Å². The van der Waals surface area contributed by atoms with Crippen molar-refractivity contribution in [3.8, 4) is 0 Å². The van der Waals surface area contributed by atoms with Crippen LogP contribution >= 0.6 is 0 Å². The Hall–Kier alpha value is -0.180. The Morgan fingerprint density at radius 2 is 1.82 bits per heavy atom. The molecule has 0 radical (unpaired) electrons. The van der Waals surface area contributed by atoms with E-state index in [4.69, 9.17) is 5.11 Å². The molecular formula is C8H14F2O. The van der Waals surface area contributed by atoms with E-state index in [1.165, 1.54) is 0 Å². The molecule has 0 spiro atoms. The molecule has 0 aromatic heterocycles. The first kappa shape index (κ1) is 8.91. The molecule has 0 unspecified atom stereocenters. The summed E-state index contributed by atoms with van der Waals surface area (Å²) in [7, 11) is 0. The van der Waals surface area contributed by atoms with Crippen LogP contribution in [0.4, 0.5) is 8.78 Å². The maximum absolute atomic E-state index is 12.5. The van der Waals surface area contributed by atoms with Gasteiger partial charge < -0.3 is 5.11 Å². The Morgan fingerprint density at radius 3 is 1.91 bits per heavy atom. The van der Waals surface area contributed by atoms with E-state index in [1.54, 1.807) is 0 Å². The SMILES string of the molecule is CC(C)C1(CO)CC(F)(F)C1. The monoisotopic (exact) mass is 164 g/mol. The van der Waals surface area contributed by atoms with Crippen LogP contribution in [0.5, 0.6) is 0 Å². The normalized spacial score (nSPS) is 26.7. The molecule has 1 N–H and O–H groups in total. The van der Waals surface area contributed by atoms with Gasteiger partial charge in [-0.1, -0.05) is 13.8 Å². The van der Waals surface area contributed by atoms with Crippen LogP contribution in [-0.4, -0.2) is 17.6 Å². The molecule has 1 rings (SSSR count). The first-order valence-electron chi connectivity index (χ1n) is 3.91. The molecule has 0 amide bonds. The second kappa shape index (κ2) is 2.41. The van der Waals surface area contributed by atoms with Gasteiger partial charge in [-0.3, -0.25) is 0 Å². The highest BCUT2D eigenvalue weighted by Gasteiger charge is 2.57. The highest BCUT2D eigenvalue weighted by molar-refractivity contribution is 5.00. The first-order valence-corrected chi connectivity index (χ1v) is 3.91. The van der Waals surface area contributed by atoms with Crippen LogP contribution in [0.15, 0.2) is 0 Å². The van der Waals surface area contributed by atoms with Crippen LogP contribution < -0.4 is 0 Å². The predicted octanol–water partition coefficient (Wildman–Crippen LogP) is 2.05. The molecule has 0 aromatic rings. The number of hydrogen-bond acceptors (Lipinski definition) is 1. The lowest BCUT2D eigenvalue weighted by Gasteiger charge is -2.49. The van der Waals surface area contributed by atoms with E-state index in [-0.39, 0.29) is 25.4 Å². The van der Waals surface area contributed by atoms with Crippen molar-refractivity contribution in [1.82, 2.24) is 0 Å². The minimum absolute atomic E-state index is 0.111. The van der Waals surface area contributed by atoms with E-state index in [0.29, 0.717) is 0 Å². The highest BCUT2D eigenvalue weighted by Crippen LogP contribution is 2.55. The van der Waals surface area contributed by atoms with E-state index in [9.17, 15) is 8.78 Å². The summed E-state index contributed by atoms with van der Waals surface area (Å²) in [6.45, 7) is 3.65. The molecule has 11 heavy (non-hydrogen) atoms. The summed E-state index contributed by atoms with van der Waals surface area (Å²) in [6.07, 6.45) is -0.289. The van der Waals surface area contributed by atoms with E-state index >= 15 is 0 Å². The standard InChI is InChI=1S/C8H14F2O/c1-6(2)7(5-11)3-8(9,10)4-7/h6,11H,3-5H2,1-2H3. The van der Waals surface area contributed by atoms with Crippen molar-refractivity contribution in [3.05, 3.63) is 0 Å². The van der Waals surface area contributed by atoms with Crippen molar-refractivity contribution in [2.24, 2.45) is 11.3 Å². The van der Waals surface area contributed by atoms with Crippen LogP contribution in [0.3, 0.4) is 0 Å². The third-order valence-corrected chi connectivity index (χ3v) is 2.76. The topological polar surface area (TPSA) is 20.2 Å². The van der Waals surface area contributed by atoms with E-state index in [1.807, 2.05) is 13.8 Å². The zero-order chi connectivity index (χ0) is 8.70. The molecular weight excluding hydrogens is 150 g/mol. The number of halogens is 2. The number of aliphatic hydroxyl groups is 1. The van der Waals surface area contributed by atoms with Crippen LogP contribution in [0.1, 0.15) is 26.7 Å². The minimum atomic E-state index is -2.52. The molecule has 1 fully saturated rings. The quantitative estimate of drug-likeness (QED) is 0.662. The number of hydrogen-bond donors (Lipinski definition) is 1. The molecule has 3 heteroatoms. The lowest BCUT2D eigenvalue weighted by Crippen LogP contribution is -2.51. The minimum Gasteiger partial charge on any atom is -0.396 e. The smallest absolute Gasteiger partial charge is 0.249 e. The molecule has 66 valence electrons. The van der Waals surface area contributed by atoms with Crippen LogP contribution in [0, 0.1) is 11.3 Å². The van der Waals surface area contributed by atoms with Gasteiger partial charge in [-0.2, -0.15) is 0 Å². The van der Waals surface area contributed by atoms with Crippen molar-refractivity contribution >= 4 is 0 Å². The zero-order valence-corrected chi connectivity index (χ0v) is 6.90. The molecule has 0 atom stereocenters. The Labute approximate surface area is 65.4 Å². The predicted molar refractivity (Wildman–Crippen MR) is 38.5 cm³/mol. The maximum atomic E-state index is 12.5. The van der Waals surface area contributed by atoms with Gasteiger partial charge in [-0.25, -0.2) is 8.78 Å². The summed E-state index contributed by atoms with van der Waals surface area (Å²) < 4.78 is 24.9. The van der Waals surface area contributed by atoms with Crippen molar-refractivity contribution in [1.29, 1.82) is 0 Å². The average Bonchev–Trinajstić information content (AvgIpc) is 1.81. The van der Waals surface area contributed by atoms with Crippen molar-refractivity contribution in [3.63, 3.8) is 0 Å². The molecule has 0 heterocycles. The first-order chi connectivity index (χ1) is 4.92. The van der Waals surface area contributed by atoms with Crippen molar-refractivity contribution in [2.45, 2.75) is 32.6 Å². The summed E-state index contributed by atoms with van der Waals surface area (Å²) in [5.41, 5.74) is -0.497. The summed E-state index contributed by atoms with van der Waals surface area (Å²) in [5, 5.41) is 8.91. The maximum Gasteiger partial charge on any atom is 0.249 e. The number of alkyl halides is 2. The fourth-order valence-electron chi connectivity index (χ4n) is 1.68. The molecule has 1 aliphatic rings. The van der Waals surface area contributed by atoms with Gasteiger partial charge in [0.05, 0.1) is 0 Å². The van der Waals surface area contributed by atoms with Crippen molar-refractivity contribution in [2.75, 3.05) is 6.61 Å². The molecule has 1 aliphatic carbocycles. The number of aliphatic hydroxyl groups excluding tert-OH is 1. The highest BCUT2D eigenvalue weighted by atomic mass is 19.3. The Balaban J connectivity index is 2.57. The van der Waals surface area contributed by atoms with Gasteiger partial charge in [0.1, 0.15) is 0 Å². The second-order valence-electron chi connectivity index (χ2n) is 3.88. The summed E-state index contributed by atoms with van der Waals surface area (Å²) >= 11 is 0. The molecule has 1 saturated carbocycles. The summed E-state index contributed by atoms with van der Waals surface area (Å²) in [6, 6.07) is 0. The summed E-state index contributed by atoms with van der Waals surface area (Å²) in [4.78, 5) is 0. The van der Waals surface area contributed by atoms with E-state index < -0.39 is 11.3 Å². The average molecular weight is 164 g/mol. The van der Waals surface area contributed by atoms with Gasteiger partial charge in [0, 0.05) is 24.9 Å². The lowest BCUT2D eigenvalue weighted by molar-refractivity contribution is -0.193. The fraction of sp³-hybridized carbons (Fsp3) is 1.00. The van der Waals surface area contributed by atoms with Crippen molar-refractivity contribution < 1.29 is 13.9 Å². The molecule has 0 aromatic carbocycles. The molecule has 0 aliphatic heterocycles. The molecule has 0 saturated heterocycles. The largest absolute Gasteiger partial charge is 0.396 e. The van der Waals surface area contributed by atoms with Crippen LogP contribution in [0.25, 0.3) is 0 Å². The number of rotatable bonds is 2. The van der Waals surface area contributed by atoms with Gasteiger partial charge in [0.25, 0.3) is 0 Å². The Bertz CT molecular complexity index is 146. The van der Waals surface area contributed by atoms with E-state index in [2.05, 4.69) is 0 Å². The Kier molecular flexibility index (Phi) is 1.95. The Morgan fingerprint density at radius 1 is 1.36 bits per heavy atom. The lowest BCUT2D eigenvalue weighted by atomic mass is 9.60. The fourth-order valence-corrected chi connectivity index (χ4v) is 1.68. The summed E-state index contributed by atoms with van der Waals surface area (Å²) in [5.74, 6) is -2.38. The molecule has 1 nitrogen and oxygen atoms in total.